The van der Waals surface area contributed by atoms with Crippen molar-refractivity contribution in [1.82, 2.24) is 4.98 Å². The van der Waals surface area contributed by atoms with Gasteiger partial charge in [-0.2, -0.15) is 0 Å². The Morgan fingerprint density at radius 3 is 3.00 bits per heavy atom. The first-order valence-electron chi connectivity index (χ1n) is 3.62. The van der Waals surface area contributed by atoms with E-state index in [9.17, 15) is 4.79 Å². The summed E-state index contributed by atoms with van der Waals surface area (Å²) in [5.41, 5.74) is 6.11. The standard InChI is InChI=1S/C8H12N2O/c1-6(9)5-8(11)7-3-2-4-10-7/h2-4,6,10H,5,9H2,1H3/t6-/m1/s1. The fraction of sp³-hybridized carbons (Fsp3) is 0.375. The highest BCUT2D eigenvalue weighted by molar-refractivity contribution is 5.94. The van der Waals surface area contributed by atoms with Gasteiger partial charge < -0.3 is 10.7 Å². The first kappa shape index (κ1) is 8.01. The molecule has 0 unspecified atom stereocenters. The van der Waals surface area contributed by atoms with E-state index in [1.54, 1.807) is 18.3 Å². The van der Waals surface area contributed by atoms with Crippen molar-refractivity contribution in [3.05, 3.63) is 24.0 Å². The summed E-state index contributed by atoms with van der Waals surface area (Å²) in [6.07, 6.45) is 2.13. The summed E-state index contributed by atoms with van der Waals surface area (Å²) in [5, 5.41) is 0. The largest absolute Gasteiger partial charge is 0.359 e. The van der Waals surface area contributed by atoms with Crippen LogP contribution in [0.2, 0.25) is 0 Å². The molecule has 0 aromatic carbocycles. The van der Waals surface area contributed by atoms with Crippen molar-refractivity contribution in [2.45, 2.75) is 19.4 Å². The van der Waals surface area contributed by atoms with Gasteiger partial charge in [0.1, 0.15) is 0 Å². The lowest BCUT2D eigenvalue weighted by atomic mass is 10.1. The minimum atomic E-state index is -0.0641. The summed E-state index contributed by atoms with van der Waals surface area (Å²) < 4.78 is 0. The van der Waals surface area contributed by atoms with Gasteiger partial charge in [-0.1, -0.05) is 0 Å². The number of carbonyl (C=O) groups is 1. The molecule has 0 aliphatic rings. The maximum Gasteiger partial charge on any atom is 0.180 e. The Hall–Kier alpha value is -1.09. The normalized spacial score (nSPS) is 12.9. The highest BCUT2D eigenvalue weighted by atomic mass is 16.1. The molecule has 0 fully saturated rings. The van der Waals surface area contributed by atoms with E-state index in [2.05, 4.69) is 4.98 Å². The van der Waals surface area contributed by atoms with E-state index in [0.29, 0.717) is 12.1 Å². The number of rotatable bonds is 3. The molecule has 1 aromatic rings. The number of hydrogen-bond donors (Lipinski definition) is 2. The van der Waals surface area contributed by atoms with Crippen LogP contribution in [0.25, 0.3) is 0 Å². The van der Waals surface area contributed by atoms with Crippen LogP contribution in [-0.4, -0.2) is 16.8 Å². The van der Waals surface area contributed by atoms with Crippen LogP contribution in [0.3, 0.4) is 0 Å². The van der Waals surface area contributed by atoms with Gasteiger partial charge in [-0.25, -0.2) is 0 Å². The van der Waals surface area contributed by atoms with E-state index in [1.165, 1.54) is 0 Å². The second-order valence-corrected chi connectivity index (χ2v) is 2.69. The van der Waals surface area contributed by atoms with Gasteiger partial charge >= 0.3 is 0 Å². The quantitative estimate of drug-likeness (QED) is 0.633. The number of H-pyrrole nitrogens is 1. The van der Waals surface area contributed by atoms with Crippen molar-refractivity contribution in [1.29, 1.82) is 0 Å². The van der Waals surface area contributed by atoms with Gasteiger partial charge in [0.15, 0.2) is 5.78 Å². The predicted molar refractivity (Wildman–Crippen MR) is 43.4 cm³/mol. The summed E-state index contributed by atoms with van der Waals surface area (Å²) in [6, 6.07) is 3.49. The molecule has 0 radical (unpaired) electrons. The minimum Gasteiger partial charge on any atom is -0.359 e. The average Bonchev–Trinajstić information content (AvgIpc) is 2.35. The van der Waals surface area contributed by atoms with E-state index in [-0.39, 0.29) is 11.8 Å². The average molecular weight is 152 g/mol. The summed E-state index contributed by atoms with van der Waals surface area (Å²) in [7, 11) is 0. The van der Waals surface area contributed by atoms with Crippen LogP contribution < -0.4 is 5.73 Å². The van der Waals surface area contributed by atoms with Gasteiger partial charge in [-0.05, 0) is 19.1 Å². The van der Waals surface area contributed by atoms with Crippen LogP contribution in [0.4, 0.5) is 0 Å². The second-order valence-electron chi connectivity index (χ2n) is 2.69. The van der Waals surface area contributed by atoms with Gasteiger partial charge in [-0.15, -0.1) is 0 Å². The van der Waals surface area contributed by atoms with Crippen LogP contribution in [-0.2, 0) is 0 Å². The Morgan fingerprint density at radius 1 is 1.82 bits per heavy atom. The molecular formula is C8H12N2O. The molecule has 0 saturated heterocycles. The third-order valence-electron chi connectivity index (χ3n) is 1.41. The first-order chi connectivity index (χ1) is 5.20. The maximum absolute atomic E-state index is 11.2. The summed E-state index contributed by atoms with van der Waals surface area (Å²) in [5.74, 6) is 0.0741. The second kappa shape index (κ2) is 3.34. The van der Waals surface area contributed by atoms with Crippen LogP contribution in [0, 0.1) is 0 Å². The number of ketones is 1. The molecule has 1 aromatic heterocycles. The van der Waals surface area contributed by atoms with Crippen LogP contribution in [0.15, 0.2) is 18.3 Å². The first-order valence-corrected chi connectivity index (χ1v) is 3.62. The molecular weight excluding hydrogens is 140 g/mol. The van der Waals surface area contributed by atoms with Gasteiger partial charge in [0, 0.05) is 18.7 Å². The fourth-order valence-corrected chi connectivity index (χ4v) is 0.906. The van der Waals surface area contributed by atoms with Crippen molar-refractivity contribution in [2.24, 2.45) is 5.73 Å². The third kappa shape index (κ3) is 2.20. The topological polar surface area (TPSA) is 58.9 Å². The molecule has 0 spiro atoms. The number of nitrogens with two attached hydrogens (primary N) is 1. The van der Waals surface area contributed by atoms with E-state index in [4.69, 9.17) is 5.73 Å². The van der Waals surface area contributed by atoms with Gasteiger partial charge in [0.25, 0.3) is 0 Å². The van der Waals surface area contributed by atoms with Gasteiger partial charge in [0.05, 0.1) is 5.69 Å². The molecule has 3 nitrogen and oxygen atoms in total. The zero-order valence-electron chi connectivity index (χ0n) is 6.50. The smallest absolute Gasteiger partial charge is 0.180 e. The zero-order chi connectivity index (χ0) is 8.27. The van der Waals surface area contributed by atoms with Crippen molar-refractivity contribution >= 4 is 5.78 Å². The Bertz CT molecular complexity index is 226. The predicted octanol–water partition coefficient (Wildman–Crippen LogP) is 0.935. The Morgan fingerprint density at radius 2 is 2.55 bits per heavy atom. The molecule has 0 aliphatic carbocycles. The molecule has 1 rings (SSSR count). The van der Waals surface area contributed by atoms with Crippen LogP contribution in [0.1, 0.15) is 23.8 Å². The zero-order valence-corrected chi connectivity index (χ0v) is 6.50. The van der Waals surface area contributed by atoms with Crippen molar-refractivity contribution in [2.75, 3.05) is 0 Å². The molecule has 0 amide bonds. The molecule has 1 atom stereocenters. The molecule has 0 aliphatic heterocycles. The van der Waals surface area contributed by atoms with Crippen LogP contribution in [0.5, 0.6) is 0 Å². The summed E-state index contributed by atoms with van der Waals surface area (Å²) >= 11 is 0. The number of Topliss-reactive ketones (excluding diaryl/α,β-unsaturated/α-hetero) is 1. The monoisotopic (exact) mass is 152 g/mol. The number of aromatic amines is 1. The van der Waals surface area contributed by atoms with Crippen LogP contribution >= 0.6 is 0 Å². The number of hydrogen-bond acceptors (Lipinski definition) is 2. The number of nitrogens with one attached hydrogen (secondary N) is 1. The third-order valence-corrected chi connectivity index (χ3v) is 1.41. The number of carbonyl (C=O) groups excluding carboxylic acids is 1. The van der Waals surface area contributed by atoms with E-state index in [1.807, 2.05) is 6.92 Å². The van der Waals surface area contributed by atoms with E-state index < -0.39 is 0 Å². The highest BCUT2D eigenvalue weighted by Gasteiger charge is 2.07. The lowest BCUT2D eigenvalue weighted by Gasteiger charge is -2.00. The summed E-state index contributed by atoms with van der Waals surface area (Å²) in [6.45, 7) is 1.82. The van der Waals surface area contributed by atoms with Crippen molar-refractivity contribution in [3.63, 3.8) is 0 Å². The molecule has 60 valence electrons. The molecule has 1 heterocycles. The Balaban J connectivity index is 2.57. The summed E-state index contributed by atoms with van der Waals surface area (Å²) in [4.78, 5) is 14.0. The van der Waals surface area contributed by atoms with E-state index in [0.717, 1.165) is 0 Å². The fourth-order valence-electron chi connectivity index (χ4n) is 0.906. The Labute approximate surface area is 65.6 Å². The van der Waals surface area contributed by atoms with E-state index >= 15 is 0 Å². The lowest BCUT2D eigenvalue weighted by Crippen LogP contribution is -2.19. The molecule has 3 heteroatoms. The maximum atomic E-state index is 11.2. The Kier molecular flexibility index (Phi) is 2.44. The molecule has 11 heavy (non-hydrogen) atoms. The molecule has 0 bridgehead atoms. The molecule has 0 saturated carbocycles. The van der Waals surface area contributed by atoms with Crippen molar-refractivity contribution in [3.8, 4) is 0 Å². The SMILES string of the molecule is C[C@@H](N)CC(=O)c1ccc[nH]1. The highest BCUT2D eigenvalue weighted by Crippen LogP contribution is 2.00. The molecule has 3 N–H and O–H groups in total. The number of aromatic nitrogens is 1. The van der Waals surface area contributed by atoms with Crippen molar-refractivity contribution < 1.29 is 4.79 Å². The minimum absolute atomic E-state index is 0.0641. The lowest BCUT2D eigenvalue weighted by molar-refractivity contribution is 0.0972. The van der Waals surface area contributed by atoms with Gasteiger partial charge in [-0.3, -0.25) is 4.79 Å². The van der Waals surface area contributed by atoms with Gasteiger partial charge in [0.2, 0.25) is 0 Å².